The van der Waals surface area contributed by atoms with Crippen LogP contribution in [0.25, 0.3) is 0 Å². The van der Waals surface area contributed by atoms with Crippen LogP contribution in [0, 0.1) is 0 Å². The second-order valence-electron chi connectivity index (χ2n) is 5.52. The molecule has 3 aliphatic heterocycles. The van der Waals surface area contributed by atoms with Crippen molar-refractivity contribution in [2.24, 2.45) is 0 Å². The van der Waals surface area contributed by atoms with Gasteiger partial charge in [-0.3, -0.25) is 19.4 Å². The number of ether oxygens (including phenoxy) is 1. The van der Waals surface area contributed by atoms with Crippen LogP contribution in [0.15, 0.2) is 0 Å². The van der Waals surface area contributed by atoms with Gasteiger partial charge in [-0.1, -0.05) is 0 Å². The number of rotatable bonds is 3. The summed E-state index contributed by atoms with van der Waals surface area (Å²) >= 11 is 0. The van der Waals surface area contributed by atoms with E-state index in [2.05, 4.69) is 4.90 Å². The minimum atomic E-state index is 0.0126. The summed E-state index contributed by atoms with van der Waals surface area (Å²) in [6.07, 6.45) is 4.73. The number of nitrogens with zero attached hydrogens (tertiary/aromatic N) is 2. The van der Waals surface area contributed by atoms with Gasteiger partial charge in [0.15, 0.2) is 0 Å². The van der Waals surface area contributed by atoms with Crippen LogP contribution >= 0.6 is 0 Å². The van der Waals surface area contributed by atoms with Gasteiger partial charge in [0.2, 0.25) is 11.8 Å². The zero-order valence-electron chi connectivity index (χ0n) is 10.6. The van der Waals surface area contributed by atoms with Crippen molar-refractivity contribution in [1.82, 2.24) is 9.80 Å². The molecule has 0 radical (unpaired) electrons. The molecule has 18 heavy (non-hydrogen) atoms. The number of amides is 2. The summed E-state index contributed by atoms with van der Waals surface area (Å²) in [4.78, 5) is 26.9. The number of hydrogen-bond donors (Lipinski definition) is 0. The number of imide groups is 1. The fourth-order valence-corrected chi connectivity index (χ4v) is 3.10. The smallest absolute Gasteiger partial charge is 0.230 e. The third-order valence-corrected chi connectivity index (χ3v) is 4.13. The molecule has 3 saturated heterocycles. The lowest BCUT2D eigenvalue weighted by molar-refractivity contribution is -0.145. The molecule has 1 atom stereocenters. The van der Waals surface area contributed by atoms with Crippen LogP contribution in [0.5, 0.6) is 0 Å². The lowest BCUT2D eigenvalue weighted by Crippen LogP contribution is -2.62. The Hall–Kier alpha value is -0.940. The monoisotopic (exact) mass is 252 g/mol. The quantitative estimate of drug-likeness (QED) is 0.682. The molecule has 0 spiro atoms. The molecule has 0 N–H and O–H groups in total. The molecule has 0 aromatic carbocycles. The second kappa shape index (κ2) is 4.97. The van der Waals surface area contributed by atoms with E-state index in [0.29, 0.717) is 18.9 Å². The Morgan fingerprint density at radius 3 is 2.44 bits per heavy atom. The van der Waals surface area contributed by atoms with Gasteiger partial charge in [0.05, 0.1) is 12.1 Å². The molecule has 1 unspecified atom stereocenters. The fraction of sp³-hybridized carbons (Fsp3) is 0.846. The van der Waals surface area contributed by atoms with Crippen molar-refractivity contribution in [3.63, 3.8) is 0 Å². The van der Waals surface area contributed by atoms with E-state index in [1.54, 1.807) is 0 Å². The van der Waals surface area contributed by atoms with Crippen LogP contribution in [0.4, 0.5) is 0 Å². The van der Waals surface area contributed by atoms with E-state index < -0.39 is 0 Å². The van der Waals surface area contributed by atoms with Crippen LogP contribution in [0.2, 0.25) is 0 Å². The van der Waals surface area contributed by atoms with Crippen molar-refractivity contribution in [3.05, 3.63) is 0 Å². The lowest BCUT2D eigenvalue weighted by Gasteiger charge is -2.44. The highest BCUT2D eigenvalue weighted by Crippen LogP contribution is 2.24. The van der Waals surface area contributed by atoms with Crippen LogP contribution < -0.4 is 0 Å². The molecule has 0 aliphatic carbocycles. The number of likely N-dealkylation sites (tertiary alicyclic amines) is 2. The maximum Gasteiger partial charge on any atom is 0.230 e. The maximum absolute atomic E-state index is 11.6. The van der Waals surface area contributed by atoms with E-state index in [0.717, 1.165) is 32.7 Å². The predicted octanol–water partition coefficient (Wildman–Crippen LogP) is 0.389. The average Bonchev–Trinajstić information content (AvgIpc) is 2.65. The minimum absolute atomic E-state index is 0.0126. The third kappa shape index (κ3) is 2.29. The maximum atomic E-state index is 11.6. The molecule has 3 fully saturated rings. The van der Waals surface area contributed by atoms with Crippen LogP contribution in [0.1, 0.15) is 32.1 Å². The first-order valence-electron chi connectivity index (χ1n) is 6.93. The first-order chi connectivity index (χ1) is 8.74. The first-order valence-corrected chi connectivity index (χ1v) is 6.93. The van der Waals surface area contributed by atoms with E-state index in [9.17, 15) is 9.59 Å². The van der Waals surface area contributed by atoms with Gasteiger partial charge >= 0.3 is 0 Å². The van der Waals surface area contributed by atoms with Crippen molar-refractivity contribution in [2.75, 3.05) is 26.2 Å². The summed E-state index contributed by atoms with van der Waals surface area (Å²) in [5.41, 5.74) is 0. The van der Waals surface area contributed by atoms with E-state index in [1.807, 2.05) is 0 Å². The van der Waals surface area contributed by atoms with Gasteiger partial charge in [-0.2, -0.15) is 0 Å². The second-order valence-corrected chi connectivity index (χ2v) is 5.52. The molecule has 3 aliphatic rings. The number of carbonyl (C=O) groups is 2. The van der Waals surface area contributed by atoms with Gasteiger partial charge in [-0.15, -0.1) is 0 Å². The minimum Gasteiger partial charge on any atom is -0.377 e. The Morgan fingerprint density at radius 2 is 1.83 bits per heavy atom. The summed E-state index contributed by atoms with van der Waals surface area (Å²) in [5.74, 6) is 0.0251. The molecule has 0 bridgehead atoms. The molecular weight excluding hydrogens is 232 g/mol. The average molecular weight is 252 g/mol. The molecule has 5 heteroatoms. The van der Waals surface area contributed by atoms with E-state index >= 15 is 0 Å². The summed E-state index contributed by atoms with van der Waals surface area (Å²) in [7, 11) is 0. The number of hydrogen-bond acceptors (Lipinski definition) is 4. The van der Waals surface area contributed by atoms with Crippen LogP contribution in [-0.4, -0.2) is 60.0 Å². The van der Waals surface area contributed by atoms with Gasteiger partial charge in [0.1, 0.15) is 0 Å². The Bertz CT molecular complexity index is 330. The predicted molar refractivity (Wildman–Crippen MR) is 64.9 cm³/mol. The van der Waals surface area contributed by atoms with Crippen LogP contribution in [0.3, 0.4) is 0 Å². The Kier molecular flexibility index (Phi) is 3.35. The molecule has 0 aromatic rings. The van der Waals surface area contributed by atoms with Gasteiger partial charge in [-0.05, 0) is 19.3 Å². The van der Waals surface area contributed by atoms with Gasteiger partial charge < -0.3 is 4.74 Å². The molecule has 3 rings (SSSR count). The largest absolute Gasteiger partial charge is 0.377 e. The van der Waals surface area contributed by atoms with E-state index in [-0.39, 0.29) is 17.9 Å². The van der Waals surface area contributed by atoms with E-state index in [4.69, 9.17) is 4.74 Å². The zero-order chi connectivity index (χ0) is 12.5. The van der Waals surface area contributed by atoms with Crippen molar-refractivity contribution < 1.29 is 14.3 Å². The molecule has 3 heterocycles. The van der Waals surface area contributed by atoms with Crippen molar-refractivity contribution >= 4 is 11.8 Å². The lowest BCUT2D eigenvalue weighted by atomic mass is 10.0. The third-order valence-electron chi connectivity index (χ3n) is 4.13. The molecular formula is C13H20N2O3. The number of carbonyl (C=O) groups excluding carboxylic acids is 2. The summed E-state index contributed by atoms with van der Waals surface area (Å²) < 4.78 is 5.70. The topological polar surface area (TPSA) is 49.9 Å². The highest BCUT2D eigenvalue weighted by molar-refractivity contribution is 6.02. The molecule has 2 amide bonds. The standard InChI is InChI=1S/C13H20N2O3/c16-12-4-5-13(17)15(12)10-7-14(8-10)9-11-3-1-2-6-18-11/h10-11H,1-9H2. The zero-order valence-corrected chi connectivity index (χ0v) is 10.6. The first kappa shape index (κ1) is 12.1. The van der Waals surface area contributed by atoms with Crippen LogP contribution in [-0.2, 0) is 14.3 Å². The summed E-state index contributed by atoms with van der Waals surface area (Å²) in [5, 5.41) is 0. The Morgan fingerprint density at radius 1 is 1.11 bits per heavy atom. The van der Waals surface area contributed by atoms with Gasteiger partial charge in [0, 0.05) is 39.1 Å². The molecule has 100 valence electrons. The summed E-state index contributed by atoms with van der Waals surface area (Å²) in [6.45, 7) is 3.49. The van der Waals surface area contributed by atoms with E-state index in [1.165, 1.54) is 17.7 Å². The van der Waals surface area contributed by atoms with Gasteiger partial charge in [-0.25, -0.2) is 0 Å². The Balaban J connectivity index is 1.45. The van der Waals surface area contributed by atoms with Crippen molar-refractivity contribution in [3.8, 4) is 0 Å². The Labute approximate surface area is 107 Å². The molecule has 5 nitrogen and oxygen atoms in total. The molecule has 0 aromatic heterocycles. The summed E-state index contributed by atoms with van der Waals surface area (Å²) in [6, 6.07) is 0.121. The SMILES string of the molecule is O=C1CCC(=O)N1C1CN(CC2CCCCO2)C1. The highest BCUT2D eigenvalue weighted by atomic mass is 16.5. The molecule has 0 saturated carbocycles. The highest BCUT2D eigenvalue weighted by Gasteiger charge is 2.41. The fourth-order valence-electron chi connectivity index (χ4n) is 3.10. The van der Waals surface area contributed by atoms with Crippen molar-refractivity contribution in [2.45, 2.75) is 44.2 Å². The van der Waals surface area contributed by atoms with Gasteiger partial charge in [0.25, 0.3) is 0 Å². The van der Waals surface area contributed by atoms with Crippen molar-refractivity contribution in [1.29, 1.82) is 0 Å². The normalized spacial score (nSPS) is 30.9.